The molecule has 2 aromatic carbocycles. The molecule has 20 heavy (non-hydrogen) atoms. The van der Waals surface area contributed by atoms with E-state index in [1.165, 1.54) is 5.56 Å². The molecule has 1 aliphatic carbocycles. The summed E-state index contributed by atoms with van der Waals surface area (Å²) >= 11 is 12.1. The molecule has 0 amide bonds. The highest BCUT2D eigenvalue weighted by Gasteiger charge is 2.50. The van der Waals surface area contributed by atoms with Gasteiger partial charge in [-0.15, -0.1) is 0 Å². The van der Waals surface area contributed by atoms with E-state index in [-0.39, 0.29) is 5.41 Å². The number of benzene rings is 2. The Balaban J connectivity index is 1.81. The van der Waals surface area contributed by atoms with Crippen molar-refractivity contribution in [2.24, 2.45) is 0 Å². The number of hydrogen-bond acceptors (Lipinski definition) is 1. The minimum atomic E-state index is -0.413. The Morgan fingerprint density at radius 1 is 1.05 bits per heavy atom. The Hall–Kier alpha value is -1.02. The van der Waals surface area contributed by atoms with E-state index in [0.717, 1.165) is 18.4 Å². The van der Waals surface area contributed by atoms with Crippen LogP contribution in [0, 0.1) is 0 Å². The standard InChI is InChI=1S/C17H16Cl2O/c18-14-7-6-12(15(19)11-14)10-16(20)17(8-9-17)13-4-2-1-3-5-13/h1-7,11,16,20H,8-10H2. The van der Waals surface area contributed by atoms with E-state index in [1.807, 2.05) is 30.3 Å². The first-order valence-corrected chi connectivity index (χ1v) is 7.55. The molecular weight excluding hydrogens is 291 g/mol. The van der Waals surface area contributed by atoms with E-state index in [0.29, 0.717) is 16.5 Å². The molecule has 0 heterocycles. The first-order valence-electron chi connectivity index (χ1n) is 6.79. The fourth-order valence-corrected chi connectivity index (χ4v) is 3.30. The lowest BCUT2D eigenvalue weighted by Crippen LogP contribution is -2.28. The first-order chi connectivity index (χ1) is 9.62. The van der Waals surface area contributed by atoms with Gasteiger partial charge in [0.1, 0.15) is 0 Å². The second kappa shape index (κ2) is 5.40. The molecule has 1 N–H and O–H groups in total. The quantitative estimate of drug-likeness (QED) is 0.873. The summed E-state index contributed by atoms with van der Waals surface area (Å²) in [5.41, 5.74) is 2.08. The topological polar surface area (TPSA) is 20.2 Å². The molecule has 1 fully saturated rings. The molecule has 0 radical (unpaired) electrons. The molecule has 0 saturated heterocycles. The fraction of sp³-hybridized carbons (Fsp3) is 0.294. The minimum Gasteiger partial charge on any atom is -0.392 e. The van der Waals surface area contributed by atoms with Gasteiger partial charge in [0, 0.05) is 21.9 Å². The van der Waals surface area contributed by atoms with E-state index in [9.17, 15) is 5.11 Å². The Morgan fingerprint density at radius 3 is 2.35 bits per heavy atom. The van der Waals surface area contributed by atoms with Crippen LogP contribution in [0.25, 0.3) is 0 Å². The van der Waals surface area contributed by atoms with E-state index in [4.69, 9.17) is 23.2 Å². The van der Waals surface area contributed by atoms with Gasteiger partial charge in [0.25, 0.3) is 0 Å². The third-order valence-electron chi connectivity index (χ3n) is 4.20. The monoisotopic (exact) mass is 306 g/mol. The highest BCUT2D eigenvalue weighted by molar-refractivity contribution is 6.35. The molecule has 1 saturated carbocycles. The van der Waals surface area contributed by atoms with Crippen molar-refractivity contribution in [3.63, 3.8) is 0 Å². The Kier molecular flexibility index (Phi) is 3.76. The molecule has 2 aromatic rings. The van der Waals surface area contributed by atoms with Crippen molar-refractivity contribution in [1.82, 2.24) is 0 Å². The molecule has 1 atom stereocenters. The van der Waals surface area contributed by atoms with Crippen LogP contribution in [0.3, 0.4) is 0 Å². The van der Waals surface area contributed by atoms with E-state index in [2.05, 4.69) is 12.1 Å². The van der Waals surface area contributed by atoms with Gasteiger partial charge in [-0.05, 0) is 36.1 Å². The van der Waals surface area contributed by atoms with Crippen molar-refractivity contribution < 1.29 is 5.11 Å². The lowest BCUT2D eigenvalue weighted by atomic mass is 9.86. The Labute approximate surface area is 129 Å². The lowest BCUT2D eigenvalue weighted by Gasteiger charge is -2.23. The number of hydrogen-bond donors (Lipinski definition) is 1. The van der Waals surface area contributed by atoms with Gasteiger partial charge in [-0.1, -0.05) is 59.6 Å². The Morgan fingerprint density at radius 2 is 1.75 bits per heavy atom. The van der Waals surface area contributed by atoms with Crippen LogP contribution in [-0.2, 0) is 11.8 Å². The van der Waals surface area contributed by atoms with Crippen molar-refractivity contribution >= 4 is 23.2 Å². The van der Waals surface area contributed by atoms with Crippen LogP contribution in [-0.4, -0.2) is 11.2 Å². The summed E-state index contributed by atoms with van der Waals surface area (Å²) < 4.78 is 0. The van der Waals surface area contributed by atoms with Gasteiger partial charge >= 0.3 is 0 Å². The summed E-state index contributed by atoms with van der Waals surface area (Å²) in [6.07, 6.45) is 2.21. The summed E-state index contributed by atoms with van der Waals surface area (Å²) in [4.78, 5) is 0. The summed E-state index contributed by atoms with van der Waals surface area (Å²) in [6, 6.07) is 15.7. The fourth-order valence-electron chi connectivity index (χ4n) is 2.81. The van der Waals surface area contributed by atoms with Gasteiger partial charge in [0.05, 0.1) is 6.10 Å². The Bertz CT molecular complexity index is 606. The normalized spacial score (nSPS) is 17.8. The van der Waals surface area contributed by atoms with Crippen LogP contribution in [0.5, 0.6) is 0 Å². The molecule has 0 spiro atoms. The predicted molar refractivity (Wildman–Crippen MR) is 83.5 cm³/mol. The molecule has 1 unspecified atom stereocenters. The SMILES string of the molecule is OC(Cc1ccc(Cl)cc1Cl)C1(c2ccccc2)CC1. The van der Waals surface area contributed by atoms with Crippen molar-refractivity contribution in [3.8, 4) is 0 Å². The molecule has 1 nitrogen and oxygen atoms in total. The number of aliphatic hydroxyl groups is 1. The van der Waals surface area contributed by atoms with Crippen molar-refractivity contribution in [2.45, 2.75) is 30.8 Å². The number of rotatable bonds is 4. The average molecular weight is 307 g/mol. The third kappa shape index (κ3) is 2.58. The van der Waals surface area contributed by atoms with Gasteiger partial charge in [-0.2, -0.15) is 0 Å². The van der Waals surface area contributed by atoms with Crippen molar-refractivity contribution in [2.75, 3.05) is 0 Å². The van der Waals surface area contributed by atoms with Crippen LogP contribution in [0.4, 0.5) is 0 Å². The molecule has 1 aliphatic rings. The van der Waals surface area contributed by atoms with Crippen molar-refractivity contribution in [3.05, 3.63) is 69.7 Å². The van der Waals surface area contributed by atoms with E-state index in [1.54, 1.807) is 6.07 Å². The molecule has 0 bridgehead atoms. The second-order valence-electron chi connectivity index (χ2n) is 5.48. The van der Waals surface area contributed by atoms with Gasteiger partial charge in [0.2, 0.25) is 0 Å². The van der Waals surface area contributed by atoms with E-state index >= 15 is 0 Å². The smallest absolute Gasteiger partial charge is 0.0677 e. The summed E-state index contributed by atoms with van der Waals surface area (Å²) in [5.74, 6) is 0. The molecular formula is C17H16Cl2O. The van der Waals surface area contributed by atoms with Crippen molar-refractivity contribution in [1.29, 1.82) is 0 Å². The maximum Gasteiger partial charge on any atom is 0.0677 e. The molecule has 0 aromatic heterocycles. The highest BCUT2D eigenvalue weighted by Crippen LogP contribution is 2.51. The van der Waals surface area contributed by atoms with Gasteiger partial charge < -0.3 is 5.11 Å². The summed E-state index contributed by atoms with van der Waals surface area (Å²) in [6.45, 7) is 0. The zero-order valence-corrected chi connectivity index (χ0v) is 12.5. The van der Waals surface area contributed by atoms with Gasteiger partial charge in [0.15, 0.2) is 0 Å². The lowest BCUT2D eigenvalue weighted by molar-refractivity contribution is 0.131. The molecule has 3 heteroatoms. The second-order valence-corrected chi connectivity index (χ2v) is 6.32. The van der Waals surface area contributed by atoms with Crippen LogP contribution >= 0.6 is 23.2 Å². The molecule has 3 rings (SSSR count). The molecule has 0 aliphatic heterocycles. The maximum absolute atomic E-state index is 10.6. The average Bonchev–Trinajstić information content (AvgIpc) is 3.24. The van der Waals surface area contributed by atoms with Crippen LogP contribution in [0.15, 0.2) is 48.5 Å². The number of halogens is 2. The third-order valence-corrected chi connectivity index (χ3v) is 4.79. The number of aliphatic hydroxyl groups excluding tert-OH is 1. The van der Waals surface area contributed by atoms with Gasteiger partial charge in [-0.25, -0.2) is 0 Å². The van der Waals surface area contributed by atoms with Crippen LogP contribution < -0.4 is 0 Å². The summed E-state index contributed by atoms with van der Waals surface area (Å²) in [5, 5.41) is 11.9. The highest BCUT2D eigenvalue weighted by atomic mass is 35.5. The largest absolute Gasteiger partial charge is 0.392 e. The maximum atomic E-state index is 10.6. The predicted octanol–water partition coefficient (Wildman–Crippen LogP) is 4.63. The van der Waals surface area contributed by atoms with Gasteiger partial charge in [-0.3, -0.25) is 0 Å². The van der Waals surface area contributed by atoms with E-state index < -0.39 is 6.10 Å². The first kappa shape index (κ1) is 13.9. The van der Waals surface area contributed by atoms with Crippen LogP contribution in [0.2, 0.25) is 10.0 Å². The summed E-state index contributed by atoms with van der Waals surface area (Å²) in [7, 11) is 0. The minimum absolute atomic E-state index is 0.0930. The van der Waals surface area contributed by atoms with Crippen LogP contribution in [0.1, 0.15) is 24.0 Å². The zero-order valence-electron chi connectivity index (χ0n) is 11.0. The molecule has 104 valence electrons. The zero-order chi connectivity index (χ0) is 14.2.